The van der Waals surface area contributed by atoms with E-state index >= 15 is 0 Å². The van der Waals surface area contributed by atoms with E-state index in [0.29, 0.717) is 5.84 Å². The summed E-state index contributed by atoms with van der Waals surface area (Å²) in [5.74, 6) is 0.762. The van der Waals surface area contributed by atoms with E-state index in [-0.39, 0.29) is 11.0 Å². The Morgan fingerprint density at radius 2 is 1.95 bits per heavy atom. The molecule has 1 saturated heterocycles. The third-order valence-electron chi connectivity index (χ3n) is 3.09. The largest absolute Gasteiger partial charge is 0.508 e. The number of benzene rings is 2. The van der Waals surface area contributed by atoms with Crippen molar-refractivity contribution in [3.8, 4) is 5.75 Å². The van der Waals surface area contributed by atoms with Crippen LogP contribution in [0.15, 0.2) is 58.4 Å². The molecule has 1 aliphatic heterocycles. The maximum absolute atomic E-state index is 11.7. The van der Waals surface area contributed by atoms with Crippen molar-refractivity contribution in [1.29, 1.82) is 0 Å². The predicted molar refractivity (Wildman–Crippen MR) is 90.5 cm³/mol. The number of rotatable bonds is 2. The van der Waals surface area contributed by atoms with Gasteiger partial charge in [-0.15, -0.1) is 0 Å². The topological polar surface area (TPSA) is 61.7 Å². The lowest BCUT2D eigenvalue weighted by atomic mass is 10.2. The number of aliphatic imine (C=N–C) groups is 1. The van der Waals surface area contributed by atoms with Crippen LogP contribution in [0.3, 0.4) is 0 Å². The molecule has 4 nitrogen and oxygen atoms in total. The lowest BCUT2D eigenvalue weighted by molar-refractivity contribution is 0.265. The molecular formula is C17H14N2O2S. The second-order valence-electron chi connectivity index (χ2n) is 4.91. The molecule has 0 spiro atoms. The van der Waals surface area contributed by atoms with Crippen molar-refractivity contribution in [2.24, 2.45) is 4.99 Å². The Labute approximate surface area is 132 Å². The zero-order valence-electron chi connectivity index (χ0n) is 11.9. The summed E-state index contributed by atoms with van der Waals surface area (Å²) in [6.07, 6.45) is 1.87. The first-order valence-corrected chi connectivity index (χ1v) is 7.57. The molecule has 22 heavy (non-hydrogen) atoms. The molecule has 3 rings (SSSR count). The van der Waals surface area contributed by atoms with Gasteiger partial charge in [-0.1, -0.05) is 24.3 Å². The Morgan fingerprint density at radius 3 is 2.68 bits per heavy atom. The van der Waals surface area contributed by atoms with Gasteiger partial charge in [0.1, 0.15) is 11.6 Å². The van der Waals surface area contributed by atoms with E-state index < -0.39 is 0 Å². The van der Waals surface area contributed by atoms with Gasteiger partial charge < -0.3 is 10.4 Å². The number of amidine groups is 1. The maximum Gasteiger partial charge on any atom is 0.289 e. The average molecular weight is 310 g/mol. The zero-order valence-corrected chi connectivity index (χ0v) is 12.7. The Balaban J connectivity index is 1.95. The molecule has 0 bridgehead atoms. The molecule has 110 valence electrons. The van der Waals surface area contributed by atoms with Crippen molar-refractivity contribution < 1.29 is 9.90 Å². The highest BCUT2D eigenvalue weighted by atomic mass is 32.2. The quantitative estimate of drug-likeness (QED) is 0.872. The molecule has 0 saturated carbocycles. The number of carbonyl (C=O) groups excluding carboxylic acids is 1. The molecule has 0 atom stereocenters. The van der Waals surface area contributed by atoms with Gasteiger partial charge >= 0.3 is 0 Å². The minimum absolute atomic E-state index is 0.142. The van der Waals surface area contributed by atoms with E-state index in [0.717, 1.165) is 33.5 Å². The van der Waals surface area contributed by atoms with Crippen LogP contribution in [0, 0.1) is 6.92 Å². The van der Waals surface area contributed by atoms with Crippen molar-refractivity contribution in [3.05, 3.63) is 64.6 Å². The van der Waals surface area contributed by atoms with E-state index in [4.69, 9.17) is 0 Å². The second kappa shape index (κ2) is 6.07. The van der Waals surface area contributed by atoms with Crippen LogP contribution in [-0.4, -0.2) is 16.2 Å². The molecule has 0 radical (unpaired) electrons. The van der Waals surface area contributed by atoms with E-state index in [2.05, 4.69) is 10.3 Å². The zero-order chi connectivity index (χ0) is 15.5. The Morgan fingerprint density at radius 1 is 1.18 bits per heavy atom. The highest BCUT2D eigenvalue weighted by Crippen LogP contribution is 2.29. The predicted octanol–water partition coefficient (Wildman–Crippen LogP) is 4.23. The van der Waals surface area contributed by atoms with Crippen LogP contribution in [0.1, 0.15) is 11.1 Å². The molecule has 5 heteroatoms. The molecule has 0 aliphatic carbocycles. The SMILES string of the molecule is Cc1cccc(N=C2NC(=O)S/C2=C\c2ccc(O)cc2)c1. The number of aryl methyl sites for hydroxylation is 1. The molecule has 2 N–H and O–H groups in total. The van der Waals surface area contributed by atoms with Gasteiger partial charge in [-0.25, -0.2) is 4.99 Å². The number of aromatic hydroxyl groups is 1. The van der Waals surface area contributed by atoms with Gasteiger partial charge in [0.15, 0.2) is 0 Å². The number of nitrogens with zero attached hydrogens (tertiary/aromatic N) is 1. The number of hydrogen-bond acceptors (Lipinski definition) is 4. The van der Waals surface area contributed by atoms with Gasteiger partial charge in [0, 0.05) is 0 Å². The highest BCUT2D eigenvalue weighted by Gasteiger charge is 2.23. The van der Waals surface area contributed by atoms with Crippen LogP contribution >= 0.6 is 11.8 Å². The number of carbonyl (C=O) groups is 1. The summed E-state index contributed by atoms with van der Waals surface area (Å²) in [4.78, 5) is 16.9. The van der Waals surface area contributed by atoms with Crippen LogP contribution in [0.25, 0.3) is 6.08 Å². The Hall–Kier alpha value is -2.53. The molecule has 1 amide bonds. The van der Waals surface area contributed by atoms with E-state index in [1.807, 2.05) is 37.3 Å². The minimum Gasteiger partial charge on any atom is -0.508 e. The minimum atomic E-state index is -0.142. The lowest BCUT2D eigenvalue weighted by Gasteiger charge is -2.01. The van der Waals surface area contributed by atoms with Crippen molar-refractivity contribution in [2.45, 2.75) is 6.92 Å². The van der Waals surface area contributed by atoms with Crippen LogP contribution in [0.2, 0.25) is 0 Å². The molecule has 1 aliphatic rings. The fourth-order valence-electron chi connectivity index (χ4n) is 2.06. The Kier molecular flexibility index (Phi) is 3.98. The Bertz CT molecular complexity index is 780. The van der Waals surface area contributed by atoms with Crippen molar-refractivity contribution >= 4 is 34.6 Å². The van der Waals surface area contributed by atoms with E-state index in [1.165, 1.54) is 0 Å². The van der Waals surface area contributed by atoms with Crippen LogP contribution < -0.4 is 5.32 Å². The van der Waals surface area contributed by atoms with Gasteiger partial charge in [0.2, 0.25) is 0 Å². The first-order valence-electron chi connectivity index (χ1n) is 6.75. The van der Waals surface area contributed by atoms with Crippen molar-refractivity contribution in [2.75, 3.05) is 0 Å². The first kappa shape index (κ1) is 14.4. The van der Waals surface area contributed by atoms with E-state index in [9.17, 15) is 9.90 Å². The van der Waals surface area contributed by atoms with Crippen molar-refractivity contribution in [3.63, 3.8) is 0 Å². The third-order valence-corrected chi connectivity index (χ3v) is 3.91. The number of phenolic OH excluding ortho intramolecular Hbond substituents is 1. The summed E-state index contributed by atoms with van der Waals surface area (Å²) in [5, 5.41) is 11.9. The number of amides is 1. The molecule has 2 aromatic rings. The van der Waals surface area contributed by atoms with Gasteiger partial charge in [-0.3, -0.25) is 4.79 Å². The molecule has 0 aromatic heterocycles. The summed E-state index contributed by atoms with van der Waals surface area (Å²) >= 11 is 1.11. The molecular weight excluding hydrogens is 296 g/mol. The standard InChI is InChI=1S/C17H14N2O2S/c1-11-3-2-4-13(9-11)18-16-15(22-17(21)19-16)10-12-5-7-14(20)8-6-12/h2-10,20H,1H3,(H,18,19,21)/b15-10-. The van der Waals surface area contributed by atoms with Crippen LogP contribution in [0.5, 0.6) is 5.75 Å². The fraction of sp³-hybridized carbons (Fsp3) is 0.0588. The monoisotopic (exact) mass is 310 g/mol. The van der Waals surface area contributed by atoms with Crippen LogP contribution in [0.4, 0.5) is 10.5 Å². The lowest BCUT2D eigenvalue weighted by Crippen LogP contribution is -2.18. The van der Waals surface area contributed by atoms with Crippen LogP contribution in [-0.2, 0) is 0 Å². The summed E-state index contributed by atoms with van der Waals surface area (Å²) in [6, 6.07) is 14.6. The maximum atomic E-state index is 11.7. The van der Waals surface area contributed by atoms with E-state index in [1.54, 1.807) is 24.3 Å². The number of thioether (sulfide) groups is 1. The molecule has 2 aromatic carbocycles. The number of phenols is 1. The molecule has 1 heterocycles. The van der Waals surface area contributed by atoms with Gasteiger partial charge in [-0.2, -0.15) is 0 Å². The van der Waals surface area contributed by atoms with Gasteiger partial charge in [-0.05, 0) is 60.2 Å². The van der Waals surface area contributed by atoms with Gasteiger partial charge in [0.05, 0.1) is 10.6 Å². The average Bonchev–Trinajstić information content (AvgIpc) is 2.81. The summed E-state index contributed by atoms with van der Waals surface area (Å²) in [6.45, 7) is 2.00. The molecule has 1 fully saturated rings. The summed E-state index contributed by atoms with van der Waals surface area (Å²) in [5.41, 5.74) is 2.81. The third kappa shape index (κ3) is 3.38. The van der Waals surface area contributed by atoms with Crippen molar-refractivity contribution in [1.82, 2.24) is 5.32 Å². The second-order valence-corrected chi connectivity index (χ2v) is 5.93. The number of nitrogens with one attached hydrogen (secondary N) is 1. The normalized spacial score (nSPS) is 18.0. The number of hydrogen-bond donors (Lipinski definition) is 2. The fourth-order valence-corrected chi connectivity index (χ4v) is 2.80. The molecule has 0 unspecified atom stereocenters. The highest BCUT2D eigenvalue weighted by molar-refractivity contribution is 8.18. The van der Waals surface area contributed by atoms with Gasteiger partial charge in [0.25, 0.3) is 5.24 Å². The smallest absolute Gasteiger partial charge is 0.289 e. The summed E-state index contributed by atoms with van der Waals surface area (Å²) in [7, 11) is 0. The summed E-state index contributed by atoms with van der Waals surface area (Å²) < 4.78 is 0. The first-order chi connectivity index (χ1) is 10.6.